The van der Waals surface area contributed by atoms with Crippen molar-refractivity contribution in [2.24, 2.45) is 0 Å². The molecule has 0 bridgehead atoms. The molecule has 1 heterocycles. The van der Waals surface area contributed by atoms with Gasteiger partial charge in [0.05, 0.1) is 0 Å². The number of thiophene rings is 1. The predicted molar refractivity (Wildman–Crippen MR) is 95.4 cm³/mol. The van der Waals surface area contributed by atoms with Gasteiger partial charge in [0, 0.05) is 20.9 Å². The molecule has 0 atom stereocenters. The van der Waals surface area contributed by atoms with Crippen LogP contribution in [0.1, 0.15) is 24.3 Å². The van der Waals surface area contributed by atoms with Crippen LogP contribution in [0, 0.1) is 0 Å². The second-order valence-corrected chi connectivity index (χ2v) is 7.60. The summed E-state index contributed by atoms with van der Waals surface area (Å²) in [5.41, 5.74) is 2.71. The van der Waals surface area contributed by atoms with Gasteiger partial charge in [-0.3, -0.25) is 0 Å². The predicted octanol–water partition coefficient (Wildman–Crippen LogP) is 6.02. The number of hydrogen-bond donors (Lipinski definition) is 1. The van der Waals surface area contributed by atoms with Crippen molar-refractivity contribution in [1.82, 2.24) is 0 Å². The van der Waals surface area contributed by atoms with Gasteiger partial charge in [-0.2, -0.15) is 0 Å². The highest BCUT2D eigenvalue weighted by atomic mass is 79.9. The van der Waals surface area contributed by atoms with Crippen molar-refractivity contribution >= 4 is 43.0 Å². The van der Waals surface area contributed by atoms with E-state index in [1.165, 1.54) is 34.2 Å². The van der Waals surface area contributed by atoms with E-state index in [0.29, 0.717) is 12.0 Å². The highest BCUT2D eigenvalue weighted by Gasteiger charge is 2.30. The fourth-order valence-corrected chi connectivity index (χ4v) is 4.07. The summed E-state index contributed by atoms with van der Waals surface area (Å²) < 4.78 is 2.52. The van der Waals surface area contributed by atoms with Crippen LogP contribution in [-0.2, 0) is 0 Å². The number of benzene rings is 2. The van der Waals surface area contributed by atoms with E-state index >= 15 is 0 Å². The third kappa shape index (κ3) is 2.72. The van der Waals surface area contributed by atoms with E-state index in [2.05, 4.69) is 75.2 Å². The maximum absolute atomic E-state index is 3.67. The standard InChI is InChI=1S/C18H16BrNS/c19-15-3-1-12(2-4-15)14-10-17(11-14)20-16-5-6-18-13(9-16)7-8-21-18/h1-9,14,17,20H,10-11H2. The molecule has 0 aliphatic heterocycles. The average Bonchev–Trinajstić information content (AvgIpc) is 2.91. The molecule has 3 heteroatoms. The van der Waals surface area contributed by atoms with E-state index in [1.54, 1.807) is 11.3 Å². The van der Waals surface area contributed by atoms with E-state index < -0.39 is 0 Å². The number of nitrogens with one attached hydrogen (secondary N) is 1. The van der Waals surface area contributed by atoms with Gasteiger partial charge in [0.2, 0.25) is 0 Å². The van der Waals surface area contributed by atoms with E-state index in [4.69, 9.17) is 0 Å². The summed E-state index contributed by atoms with van der Waals surface area (Å²) >= 11 is 5.30. The maximum atomic E-state index is 3.67. The Bertz CT molecular complexity index is 756. The number of halogens is 1. The van der Waals surface area contributed by atoms with Crippen LogP contribution in [0.5, 0.6) is 0 Å². The average molecular weight is 358 g/mol. The van der Waals surface area contributed by atoms with Gasteiger partial charge >= 0.3 is 0 Å². The Morgan fingerprint density at radius 1 is 1.00 bits per heavy atom. The quantitative estimate of drug-likeness (QED) is 0.603. The second-order valence-electron chi connectivity index (χ2n) is 5.73. The van der Waals surface area contributed by atoms with Gasteiger partial charge in [0.15, 0.2) is 0 Å². The van der Waals surface area contributed by atoms with Gasteiger partial charge in [-0.1, -0.05) is 28.1 Å². The summed E-state index contributed by atoms with van der Waals surface area (Å²) in [6.45, 7) is 0. The molecule has 1 saturated carbocycles. The number of hydrogen-bond acceptors (Lipinski definition) is 2. The Hall–Kier alpha value is -1.32. The summed E-state index contributed by atoms with van der Waals surface area (Å²) in [7, 11) is 0. The molecule has 0 amide bonds. The zero-order valence-electron chi connectivity index (χ0n) is 11.6. The third-order valence-electron chi connectivity index (χ3n) is 4.30. The van der Waals surface area contributed by atoms with E-state index in [9.17, 15) is 0 Å². The molecule has 106 valence electrons. The van der Waals surface area contributed by atoms with Gasteiger partial charge in [0.25, 0.3) is 0 Å². The highest BCUT2D eigenvalue weighted by molar-refractivity contribution is 9.10. The van der Waals surface area contributed by atoms with Gasteiger partial charge in [0.1, 0.15) is 0 Å². The van der Waals surface area contributed by atoms with Crippen molar-refractivity contribution in [1.29, 1.82) is 0 Å². The van der Waals surface area contributed by atoms with E-state index in [0.717, 1.165) is 4.47 Å². The molecular formula is C18H16BrNS. The van der Waals surface area contributed by atoms with Crippen molar-refractivity contribution in [3.8, 4) is 0 Å². The summed E-state index contributed by atoms with van der Waals surface area (Å²) in [6, 6.07) is 18.2. The lowest BCUT2D eigenvalue weighted by Gasteiger charge is -2.37. The molecule has 1 N–H and O–H groups in total. The number of fused-ring (bicyclic) bond motifs is 1. The highest BCUT2D eigenvalue weighted by Crippen LogP contribution is 2.39. The van der Waals surface area contributed by atoms with Crippen LogP contribution in [0.2, 0.25) is 0 Å². The number of anilines is 1. The Morgan fingerprint density at radius 3 is 2.62 bits per heavy atom. The Morgan fingerprint density at radius 2 is 1.81 bits per heavy atom. The number of rotatable bonds is 3. The largest absolute Gasteiger partial charge is 0.382 e. The monoisotopic (exact) mass is 357 g/mol. The van der Waals surface area contributed by atoms with Crippen LogP contribution < -0.4 is 5.32 Å². The first-order chi connectivity index (χ1) is 10.3. The minimum atomic E-state index is 0.606. The van der Waals surface area contributed by atoms with Crippen LogP contribution >= 0.6 is 27.3 Å². The fraction of sp³-hybridized carbons (Fsp3) is 0.222. The second kappa shape index (κ2) is 5.47. The summed E-state index contributed by atoms with van der Waals surface area (Å²) in [4.78, 5) is 0. The molecule has 0 unspecified atom stereocenters. The Kier molecular flexibility index (Phi) is 3.48. The molecule has 0 radical (unpaired) electrons. The van der Waals surface area contributed by atoms with Gasteiger partial charge in [-0.05, 0) is 71.5 Å². The molecule has 1 aliphatic carbocycles. The summed E-state index contributed by atoms with van der Waals surface area (Å²) in [5.74, 6) is 0.709. The van der Waals surface area contributed by atoms with Crippen molar-refractivity contribution in [2.45, 2.75) is 24.8 Å². The summed E-state index contributed by atoms with van der Waals surface area (Å²) in [5, 5.41) is 7.16. The molecule has 0 saturated heterocycles. The molecular weight excluding hydrogens is 342 g/mol. The van der Waals surface area contributed by atoms with Crippen LogP contribution in [0.25, 0.3) is 10.1 Å². The molecule has 2 aromatic carbocycles. The lowest BCUT2D eigenvalue weighted by atomic mass is 9.76. The zero-order valence-corrected chi connectivity index (χ0v) is 14.0. The van der Waals surface area contributed by atoms with Crippen LogP contribution in [0.4, 0.5) is 5.69 Å². The lowest BCUT2D eigenvalue weighted by Crippen LogP contribution is -2.33. The minimum Gasteiger partial charge on any atom is -0.382 e. The summed E-state index contributed by atoms with van der Waals surface area (Å²) in [6.07, 6.45) is 2.45. The molecule has 1 aliphatic rings. The smallest absolute Gasteiger partial charge is 0.0349 e. The van der Waals surface area contributed by atoms with E-state index in [1.807, 2.05) is 0 Å². The van der Waals surface area contributed by atoms with Crippen LogP contribution in [-0.4, -0.2) is 6.04 Å². The molecule has 3 aromatic rings. The van der Waals surface area contributed by atoms with Crippen LogP contribution in [0.3, 0.4) is 0 Å². The molecule has 1 fully saturated rings. The molecule has 21 heavy (non-hydrogen) atoms. The van der Waals surface area contributed by atoms with Crippen molar-refractivity contribution in [3.05, 3.63) is 63.9 Å². The molecule has 0 spiro atoms. The van der Waals surface area contributed by atoms with Crippen LogP contribution in [0.15, 0.2) is 58.4 Å². The first kappa shape index (κ1) is 13.4. The SMILES string of the molecule is Brc1ccc(C2CC(Nc3ccc4sccc4c3)C2)cc1. The molecule has 1 aromatic heterocycles. The van der Waals surface area contributed by atoms with Crippen molar-refractivity contribution < 1.29 is 0 Å². The molecule has 1 nitrogen and oxygen atoms in total. The van der Waals surface area contributed by atoms with Gasteiger partial charge < -0.3 is 5.32 Å². The molecule has 4 rings (SSSR count). The van der Waals surface area contributed by atoms with E-state index in [-0.39, 0.29) is 0 Å². The third-order valence-corrected chi connectivity index (χ3v) is 5.73. The first-order valence-corrected chi connectivity index (χ1v) is 8.94. The van der Waals surface area contributed by atoms with Crippen molar-refractivity contribution in [3.63, 3.8) is 0 Å². The van der Waals surface area contributed by atoms with Gasteiger partial charge in [-0.25, -0.2) is 0 Å². The first-order valence-electron chi connectivity index (χ1n) is 7.27. The zero-order chi connectivity index (χ0) is 14.2. The Labute approximate surface area is 137 Å². The normalized spacial score (nSPS) is 21.2. The van der Waals surface area contributed by atoms with Crippen molar-refractivity contribution in [2.75, 3.05) is 5.32 Å². The lowest BCUT2D eigenvalue weighted by molar-refractivity contribution is 0.374. The van der Waals surface area contributed by atoms with Gasteiger partial charge in [-0.15, -0.1) is 11.3 Å². The Balaban J connectivity index is 1.40. The minimum absolute atomic E-state index is 0.606. The topological polar surface area (TPSA) is 12.0 Å². The fourth-order valence-electron chi connectivity index (χ4n) is 3.03. The maximum Gasteiger partial charge on any atom is 0.0349 e.